The lowest BCUT2D eigenvalue weighted by atomic mass is 9.88. The van der Waals surface area contributed by atoms with Crippen LogP contribution in [0.25, 0.3) is 5.57 Å². The molecule has 1 N–H and O–H groups in total. The summed E-state index contributed by atoms with van der Waals surface area (Å²) in [5.74, 6) is 0. The number of nitrogens with one attached hydrogen (secondary N) is 1. The van der Waals surface area contributed by atoms with Crippen LogP contribution in [0.4, 0.5) is 4.79 Å². The van der Waals surface area contributed by atoms with Crippen molar-refractivity contribution in [2.45, 2.75) is 25.7 Å². The lowest BCUT2D eigenvalue weighted by Crippen LogP contribution is -2.41. The van der Waals surface area contributed by atoms with E-state index in [9.17, 15) is 4.79 Å². The van der Waals surface area contributed by atoms with Gasteiger partial charge in [0.25, 0.3) is 0 Å². The molecule has 1 aromatic heterocycles. The summed E-state index contributed by atoms with van der Waals surface area (Å²) in [6.07, 6.45) is 5.56. The van der Waals surface area contributed by atoms with Crippen molar-refractivity contribution < 1.29 is 4.79 Å². The van der Waals surface area contributed by atoms with Crippen molar-refractivity contribution in [1.82, 2.24) is 15.2 Å². The third-order valence-corrected chi connectivity index (χ3v) is 5.59. The molecule has 0 saturated carbocycles. The molecule has 4 nitrogen and oxygen atoms in total. The van der Waals surface area contributed by atoms with E-state index in [4.69, 9.17) is 16.6 Å². The number of aromatic nitrogens is 1. The second-order valence-electron chi connectivity index (χ2n) is 6.83. The predicted molar refractivity (Wildman–Crippen MR) is 104 cm³/mol. The average molecular weight is 368 g/mol. The normalized spacial score (nSPS) is 16.6. The van der Waals surface area contributed by atoms with E-state index in [-0.39, 0.29) is 6.03 Å². The Morgan fingerprint density at radius 2 is 1.88 bits per heavy atom. The second kappa shape index (κ2) is 7.12. The lowest BCUT2D eigenvalue weighted by Gasteiger charge is -2.30. The van der Waals surface area contributed by atoms with Gasteiger partial charge in [-0.05, 0) is 60.6 Å². The first-order chi connectivity index (χ1) is 12.7. The summed E-state index contributed by atoms with van der Waals surface area (Å²) in [5.41, 5.74) is 7.55. The lowest BCUT2D eigenvalue weighted by molar-refractivity contribution is 0.196. The number of fused-ring (bicyclic) bond motifs is 2. The van der Waals surface area contributed by atoms with Gasteiger partial charge in [0.2, 0.25) is 0 Å². The molecule has 1 aromatic carbocycles. The average Bonchev–Trinajstić information content (AvgIpc) is 2.84. The number of carbonyl (C=O) groups is 1. The summed E-state index contributed by atoms with van der Waals surface area (Å²) < 4.78 is 0. The molecule has 2 heterocycles. The van der Waals surface area contributed by atoms with Gasteiger partial charge in [0.05, 0.1) is 5.69 Å². The van der Waals surface area contributed by atoms with Gasteiger partial charge in [-0.1, -0.05) is 29.3 Å². The Kier molecular flexibility index (Phi) is 4.68. The summed E-state index contributed by atoms with van der Waals surface area (Å²) in [7, 11) is 1.68. The standard InChI is InChI=1S/C21H22ClN3O/c1-23-21(26)25-11-8-14(9-12-25)19-18-7-6-17(22)13-16(18)5-4-15-3-2-10-24-20(15)19/h2-3,6-7,10,13H,4-5,8-9,11-12H2,1H3,(H,23,26). The number of amides is 2. The highest BCUT2D eigenvalue weighted by atomic mass is 35.5. The zero-order chi connectivity index (χ0) is 18.1. The minimum atomic E-state index is 0.000577. The maximum atomic E-state index is 11.9. The number of pyridine rings is 1. The Labute approximate surface area is 158 Å². The highest BCUT2D eigenvalue weighted by Gasteiger charge is 2.26. The van der Waals surface area contributed by atoms with E-state index in [1.165, 1.54) is 27.8 Å². The van der Waals surface area contributed by atoms with E-state index in [0.29, 0.717) is 0 Å². The van der Waals surface area contributed by atoms with Crippen LogP contribution in [-0.2, 0) is 12.8 Å². The predicted octanol–water partition coefficient (Wildman–Crippen LogP) is 4.07. The molecule has 1 fully saturated rings. The molecule has 134 valence electrons. The van der Waals surface area contributed by atoms with Crippen molar-refractivity contribution in [2.24, 2.45) is 0 Å². The van der Waals surface area contributed by atoms with Crippen LogP contribution in [0.1, 0.15) is 35.2 Å². The van der Waals surface area contributed by atoms with Crippen molar-refractivity contribution in [3.63, 3.8) is 0 Å². The van der Waals surface area contributed by atoms with Gasteiger partial charge < -0.3 is 10.2 Å². The number of likely N-dealkylation sites (tertiary alicyclic amines) is 1. The molecular formula is C21H22ClN3O. The number of benzene rings is 1. The molecule has 1 aliphatic carbocycles. The zero-order valence-corrected chi connectivity index (χ0v) is 15.6. The molecule has 4 rings (SSSR count). The Morgan fingerprint density at radius 3 is 2.65 bits per heavy atom. The van der Waals surface area contributed by atoms with Crippen molar-refractivity contribution >= 4 is 23.2 Å². The number of urea groups is 1. The van der Waals surface area contributed by atoms with E-state index in [2.05, 4.69) is 23.5 Å². The van der Waals surface area contributed by atoms with Gasteiger partial charge in [0.15, 0.2) is 0 Å². The number of halogens is 1. The first-order valence-corrected chi connectivity index (χ1v) is 9.47. The molecule has 2 aliphatic rings. The van der Waals surface area contributed by atoms with Crippen LogP contribution in [0.3, 0.4) is 0 Å². The molecule has 1 saturated heterocycles. The first-order valence-electron chi connectivity index (χ1n) is 9.09. The van der Waals surface area contributed by atoms with E-state index in [0.717, 1.165) is 49.5 Å². The number of rotatable bonds is 0. The molecule has 2 aromatic rings. The molecule has 0 radical (unpaired) electrons. The number of hydrogen-bond donors (Lipinski definition) is 1. The molecule has 26 heavy (non-hydrogen) atoms. The maximum Gasteiger partial charge on any atom is 0.317 e. The monoisotopic (exact) mass is 367 g/mol. The Hall–Kier alpha value is -2.33. The van der Waals surface area contributed by atoms with Crippen LogP contribution in [0, 0.1) is 0 Å². The van der Waals surface area contributed by atoms with Crippen LogP contribution in [0.5, 0.6) is 0 Å². The molecule has 0 bridgehead atoms. The van der Waals surface area contributed by atoms with E-state index in [1.54, 1.807) is 7.05 Å². The van der Waals surface area contributed by atoms with Gasteiger partial charge in [-0.3, -0.25) is 4.98 Å². The largest absolute Gasteiger partial charge is 0.341 e. The maximum absolute atomic E-state index is 11.9. The highest BCUT2D eigenvalue weighted by Crippen LogP contribution is 2.38. The SMILES string of the molecule is CNC(=O)N1CCC(=C2c3ccc(Cl)cc3CCc3cccnc32)CC1. The number of hydrogen-bond acceptors (Lipinski definition) is 2. The second-order valence-corrected chi connectivity index (χ2v) is 7.27. The summed E-state index contributed by atoms with van der Waals surface area (Å²) in [6.45, 7) is 1.48. The van der Waals surface area contributed by atoms with Gasteiger partial charge >= 0.3 is 6.03 Å². The Balaban J connectivity index is 1.81. The van der Waals surface area contributed by atoms with Crippen molar-refractivity contribution in [1.29, 1.82) is 0 Å². The fourth-order valence-electron chi connectivity index (χ4n) is 4.02. The molecule has 0 atom stereocenters. The first kappa shape index (κ1) is 17.1. The van der Waals surface area contributed by atoms with Gasteiger partial charge in [-0.25, -0.2) is 4.79 Å². The third kappa shape index (κ3) is 3.10. The minimum absolute atomic E-state index is 0.000577. The molecule has 2 amide bonds. The summed E-state index contributed by atoms with van der Waals surface area (Å²) in [4.78, 5) is 18.5. The van der Waals surface area contributed by atoms with Gasteiger partial charge in [0, 0.05) is 36.9 Å². The summed E-state index contributed by atoms with van der Waals surface area (Å²) in [6, 6.07) is 10.4. The fraction of sp³-hybridized carbons (Fsp3) is 0.333. The zero-order valence-electron chi connectivity index (χ0n) is 14.9. The van der Waals surface area contributed by atoms with Crippen LogP contribution >= 0.6 is 11.6 Å². The van der Waals surface area contributed by atoms with Crippen LogP contribution in [-0.4, -0.2) is 36.1 Å². The number of piperidine rings is 1. The van der Waals surface area contributed by atoms with Crippen LogP contribution < -0.4 is 5.32 Å². The highest BCUT2D eigenvalue weighted by molar-refractivity contribution is 6.30. The van der Waals surface area contributed by atoms with E-state index >= 15 is 0 Å². The number of nitrogens with zero attached hydrogens (tertiary/aromatic N) is 2. The van der Waals surface area contributed by atoms with Gasteiger partial charge in [0.1, 0.15) is 0 Å². The minimum Gasteiger partial charge on any atom is -0.341 e. The van der Waals surface area contributed by atoms with E-state index < -0.39 is 0 Å². The van der Waals surface area contributed by atoms with Crippen LogP contribution in [0.15, 0.2) is 42.1 Å². The molecule has 1 aliphatic heterocycles. The van der Waals surface area contributed by atoms with Gasteiger partial charge in [-0.15, -0.1) is 0 Å². The van der Waals surface area contributed by atoms with Crippen molar-refractivity contribution in [3.05, 3.63) is 69.5 Å². The van der Waals surface area contributed by atoms with E-state index in [1.807, 2.05) is 23.2 Å². The van der Waals surface area contributed by atoms with Gasteiger partial charge in [-0.2, -0.15) is 0 Å². The summed E-state index contributed by atoms with van der Waals surface area (Å²) in [5, 5.41) is 3.50. The Bertz CT molecular complexity index is 881. The number of aryl methyl sites for hydroxylation is 2. The Morgan fingerprint density at radius 1 is 1.12 bits per heavy atom. The molecule has 0 spiro atoms. The van der Waals surface area contributed by atoms with Crippen molar-refractivity contribution in [2.75, 3.05) is 20.1 Å². The topological polar surface area (TPSA) is 45.2 Å². The van der Waals surface area contributed by atoms with Crippen LogP contribution in [0.2, 0.25) is 5.02 Å². The third-order valence-electron chi connectivity index (χ3n) is 5.35. The summed E-state index contributed by atoms with van der Waals surface area (Å²) >= 11 is 6.26. The van der Waals surface area contributed by atoms with Crippen molar-refractivity contribution in [3.8, 4) is 0 Å². The molecule has 0 unspecified atom stereocenters. The molecule has 5 heteroatoms. The quantitative estimate of drug-likeness (QED) is 0.762. The number of carbonyl (C=O) groups excluding carboxylic acids is 1. The molecular weight excluding hydrogens is 346 g/mol. The smallest absolute Gasteiger partial charge is 0.317 e. The fourth-order valence-corrected chi connectivity index (χ4v) is 4.22.